The molecule has 2 fully saturated rings. The molecule has 118 valence electrons. The summed E-state index contributed by atoms with van der Waals surface area (Å²) in [6.07, 6.45) is 4.48. The Hall–Kier alpha value is -0.140. The molecule has 0 bridgehead atoms. The van der Waals surface area contributed by atoms with Crippen molar-refractivity contribution in [3.05, 3.63) is 16.0 Å². The lowest BCUT2D eigenvalue weighted by atomic mass is 9.98. The van der Waals surface area contributed by atoms with E-state index < -0.39 is 10.0 Å². The first-order valence-corrected chi connectivity index (χ1v) is 10.1. The Morgan fingerprint density at radius 3 is 2.52 bits per heavy atom. The fourth-order valence-corrected chi connectivity index (χ4v) is 5.99. The summed E-state index contributed by atoms with van der Waals surface area (Å²) in [6, 6.07) is 2.41. The van der Waals surface area contributed by atoms with E-state index in [0.717, 1.165) is 42.3 Å². The van der Waals surface area contributed by atoms with Gasteiger partial charge in [-0.25, -0.2) is 8.42 Å². The highest BCUT2D eigenvalue weighted by molar-refractivity contribution is 7.91. The molecule has 1 aliphatic heterocycles. The molecular formula is C14H21ClN2O2S2. The molecule has 2 aliphatic rings. The number of aryl methyl sites for hydroxylation is 1. The van der Waals surface area contributed by atoms with Crippen molar-refractivity contribution in [3.63, 3.8) is 0 Å². The minimum atomic E-state index is -3.36. The molecule has 1 saturated heterocycles. The van der Waals surface area contributed by atoms with Crippen molar-refractivity contribution in [2.75, 3.05) is 19.6 Å². The molecule has 1 aromatic heterocycles. The summed E-state index contributed by atoms with van der Waals surface area (Å²) in [4.78, 5) is 0. The Bertz CT molecular complexity index is 583. The Balaban J connectivity index is 1.59. The predicted molar refractivity (Wildman–Crippen MR) is 86.6 cm³/mol. The number of thiophene rings is 1. The highest BCUT2D eigenvalue weighted by Crippen LogP contribution is 2.33. The van der Waals surface area contributed by atoms with E-state index in [1.807, 2.05) is 6.92 Å². The van der Waals surface area contributed by atoms with Crippen LogP contribution in [0.5, 0.6) is 0 Å². The lowest BCUT2D eigenvalue weighted by Crippen LogP contribution is -2.40. The molecule has 1 saturated carbocycles. The number of sulfonamides is 1. The minimum Gasteiger partial charge on any atom is -0.314 e. The highest BCUT2D eigenvalue weighted by Gasteiger charge is 2.31. The van der Waals surface area contributed by atoms with Crippen molar-refractivity contribution >= 4 is 33.0 Å². The molecule has 3 rings (SSSR count). The number of nitrogens with one attached hydrogen (secondary N) is 1. The zero-order chi connectivity index (χ0) is 15.0. The van der Waals surface area contributed by atoms with Gasteiger partial charge >= 0.3 is 0 Å². The summed E-state index contributed by atoms with van der Waals surface area (Å²) in [5, 5.41) is 3.54. The first-order chi connectivity index (χ1) is 9.96. The average Bonchev–Trinajstić information content (AvgIpc) is 3.23. The quantitative estimate of drug-likeness (QED) is 0.890. The number of piperidine rings is 1. The van der Waals surface area contributed by atoms with Crippen molar-refractivity contribution in [3.8, 4) is 0 Å². The van der Waals surface area contributed by atoms with Gasteiger partial charge in [-0.05, 0) is 56.7 Å². The second-order valence-corrected chi connectivity index (χ2v) is 9.87. The maximum atomic E-state index is 12.6. The Kier molecular flexibility index (Phi) is 4.62. The molecule has 4 nitrogen and oxygen atoms in total. The van der Waals surface area contributed by atoms with Gasteiger partial charge in [-0.15, -0.1) is 11.3 Å². The van der Waals surface area contributed by atoms with Crippen molar-refractivity contribution in [2.24, 2.45) is 5.92 Å². The third kappa shape index (κ3) is 3.62. The normalized spacial score (nSPS) is 21.8. The van der Waals surface area contributed by atoms with Crippen LogP contribution in [0.1, 0.15) is 31.2 Å². The molecule has 1 aliphatic carbocycles. The molecule has 0 amide bonds. The monoisotopic (exact) mass is 348 g/mol. The van der Waals surface area contributed by atoms with Crippen LogP contribution >= 0.6 is 22.9 Å². The molecule has 0 aromatic carbocycles. The van der Waals surface area contributed by atoms with Gasteiger partial charge in [-0.2, -0.15) is 4.31 Å². The van der Waals surface area contributed by atoms with Crippen LogP contribution in [0.25, 0.3) is 0 Å². The maximum Gasteiger partial charge on any atom is 0.252 e. The summed E-state index contributed by atoms with van der Waals surface area (Å²) in [6.45, 7) is 4.11. The van der Waals surface area contributed by atoms with Crippen molar-refractivity contribution in [1.82, 2.24) is 9.62 Å². The number of nitrogens with zero attached hydrogens (tertiary/aromatic N) is 1. The largest absolute Gasteiger partial charge is 0.314 e. The number of rotatable bonds is 5. The van der Waals surface area contributed by atoms with E-state index in [2.05, 4.69) is 5.32 Å². The first-order valence-electron chi connectivity index (χ1n) is 7.46. The predicted octanol–water partition coefficient (Wildman–Crippen LogP) is 2.86. The van der Waals surface area contributed by atoms with E-state index in [4.69, 9.17) is 11.6 Å². The highest BCUT2D eigenvalue weighted by atomic mass is 35.5. The van der Waals surface area contributed by atoms with Gasteiger partial charge in [0.1, 0.15) is 4.21 Å². The molecule has 0 unspecified atom stereocenters. The zero-order valence-electron chi connectivity index (χ0n) is 12.1. The molecule has 1 N–H and O–H groups in total. The SMILES string of the molecule is Cc1cc(S(=O)(=O)N2CCC(CNC3CC3)CC2)sc1Cl. The number of halogens is 1. The lowest BCUT2D eigenvalue weighted by molar-refractivity contribution is 0.267. The van der Waals surface area contributed by atoms with Crippen LogP contribution in [0.3, 0.4) is 0 Å². The maximum absolute atomic E-state index is 12.6. The van der Waals surface area contributed by atoms with Gasteiger partial charge in [0.15, 0.2) is 0 Å². The average molecular weight is 349 g/mol. The van der Waals surface area contributed by atoms with E-state index >= 15 is 0 Å². The van der Waals surface area contributed by atoms with Crippen LogP contribution in [0, 0.1) is 12.8 Å². The molecule has 0 atom stereocenters. The van der Waals surface area contributed by atoms with E-state index in [1.165, 1.54) is 12.8 Å². The fraction of sp³-hybridized carbons (Fsp3) is 0.714. The molecular weight excluding hydrogens is 328 g/mol. The van der Waals surface area contributed by atoms with Crippen LogP contribution < -0.4 is 5.32 Å². The molecule has 7 heteroatoms. The summed E-state index contributed by atoms with van der Waals surface area (Å²) in [5.41, 5.74) is 0.837. The summed E-state index contributed by atoms with van der Waals surface area (Å²) >= 11 is 7.16. The van der Waals surface area contributed by atoms with Gasteiger partial charge in [0, 0.05) is 19.1 Å². The Labute approximate surface area is 135 Å². The zero-order valence-corrected chi connectivity index (χ0v) is 14.5. The van der Waals surface area contributed by atoms with E-state index in [9.17, 15) is 8.42 Å². The molecule has 0 spiro atoms. The molecule has 0 radical (unpaired) electrons. The van der Waals surface area contributed by atoms with Crippen LogP contribution in [0.4, 0.5) is 0 Å². The van der Waals surface area contributed by atoms with E-state index in [0.29, 0.717) is 27.6 Å². The van der Waals surface area contributed by atoms with Gasteiger partial charge in [-0.3, -0.25) is 0 Å². The van der Waals surface area contributed by atoms with Crippen molar-refractivity contribution in [1.29, 1.82) is 0 Å². The first kappa shape index (κ1) is 15.7. The van der Waals surface area contributed by atoms with Crippen LogP contribution in [-0.2, 0) is 10.0 Å². The van der Waals surface area contributed by atoms with Gasteiger partial charge in [0.05, 0.1) is 4.34 Å². The Morgan fingerprint density at radius 2 is 2.00 bits per heavy atom. The molecule has 2 heterocycles. The smallest absolute Gasteiger partial charge is 0.252 e. The summed E-state index contributed by atoms with van der Waals surface area (Å²) in [7, 11) is -3.36. The second kappa shape index (κ2) is 6.16. The summed E-state index contributed by atoms with van der Waals surface area (Å²) in [5.74, 6) is 0.603. The minimum absolute atomic E-state index is 0.375. The van der Waals surface area contributed by atoms with Crippen molar-refractivity contribution < 1.29 is 8.42 Å². The van der Waals surface area contributed by atoms with Gasteiger partial charge < -0.3 is 5.32 Å². The Morgan fingerprint density at radius 1 is 1.33 bits per heavy atom. The van der Waals surface area contributed by atoms with Gasteiger partial charge in [-0.1, -0.05) is 11.6 Å². The van der Waals surface area contributed by atoms with Crippen LogP contribution in [0.2, 0.25) is 4.34 Å². The third-order valence-corrected chi connectivity index (χ3v) is 8.18. The molecule has 21 heavy (non-hydrogen) atoms. The van der Waals surface area contributed by atoms with Gasteiger partial charge in [0.25, 0.3) is 10.0 Å². The van der Waals surface area contributed by atoms with E-state index in [1.54, 1.807) is 10.4 Å². The standard InChI is InChI=1S/C14H21ClN2O2S2/c1-10-8-13(20-14(10)15)21(18,19)17-6-4-11(5-7-17)9-16-12-2-3-12/h8,11-12,16H,2-7,9H2,1H3. The molecule has 1 aromatic rings. The topological polar surface area (TPSA) is 49.4 Å². The number of hydrogen-bond acceptors (Lipinski definition) is 4. The van der Waals surface area contributed by atoms with Crippen LogP contribution in [0.15, 0.2) is 10.3 Å². The third-order valence-electron chi connectivity index (χ3n) is 4.27. The van der Waals surface area contributed by atoms with Crippen LogP contribution in [-0.4, -0.2) is 38.4 Å². The second-order valence-electron chi connectivity index (χ2n) is 6.05. The number of hydrogen-bond donors (Lipinski definition) is 1. The summed E-state index contributed by atoms with van der Waals surface area (Å²) < 4.78 is 27.7. The van der Waals surface area contributed by atoms with Gasteiger partial charge in [0.2, 0.25) is 0 Å². The van der Waals surface area contributed by atoms with E-state index in [-0.39, 0.29) is 0 Å². The lowest BCUT2D eigenvalue weighted by Gasteiger charge is -2.31. The van der Waals surface area contributed by atoms with Crippen molar-refractivity contribution in [2.45, 2.75) is 42.9 Å². The fourth-order valence-electron chi connectivity index (χ4n) is 2.66.